The summed E-state index contributed by atoms with van der Waals surface area (Å²) in [5, 5.41) is 3.19. The van der Waals surface area contributed by atoms with Gasteiger partial charge in [-0.25, -0.2) is 0 Å². The largest absolute Gasteiger partial charge is 0.497 e. The zero-order valence-electron chi connectivity index (χ0n) is 16.8. The molecule has 28 heavy (non-hydrogen) atoms. The van der Waals surface area contributed by atoms with Crippen molar-refractivity contribution in [2.75, 3.05) is 7.11 Å². The van der Waals surface area contributed by atoms with Gasteiger partial charge in [0.2, 0.25) is 0 Å². The van der Waals surface area contributed by atoms with E-state index in [1.54, 1.807) is 7.11 Å². The van der Waals surface area contributed by atoms with E-state index in [2.05, 4.69) is 29.6 Å². The SMILES string of the molecule is COc1ccc2c(c1)CCC[C@H]2NC(=O)[C@H](C)Oc1ccc2c(c1)CCCC2. The molecule has 0 heterocycles. The maximum absolute atomic E-state index is 12.8. The number of benzene rings is 2. The Kier molecular flexibility index (Phi) is 5.56. The molecule has 0 fully saturated rings. The van der Waals surface area contributed by atoms with E-state index in [1.165, 1.54) is 35.1 Å². The second-order valence-corrected chi connectivity index (χ2v) is 7.92. The summed E-state index contributed by atoms with van der Waals surface area (Å²) >= 11 is 0. The maximum Gasteiger partial charge on any atom is 0.261 e. The summed E-state index contributed by atoms with van der Waals surface area (Å²) < 4.78 is 11.3. The molecule has 0 aliphatic heterocycles. The van der Waals surface area contributed by atoms with Gasteiger partial charge in [0, 0.05) is 0 Å². The van der Waals surface area contributed by atoms with Crippen LogP contribution in [0.15, 0.2) is 36.4 Å². The number of hydrogen-bond donors (Lipinski definition) is 1. The molecule has 0 saturated heterocycles. The number of fused-ring (bicyclic) bond motifs is 2. The van der Waals surface area contributed by atoms with Crippen molar-refractivity contribution in [2.24, 2.45) is 0 Å². The molecular formula is C24H29NO3. The predicted molar refractivity (Wildman–Crippen MR) is 110 cm³/mol. The fourth-order valence-corrected chi connectivity index (χ4v) is 4.40. The lowest BCUT2D eigenvalue weighted by Crippen LogP contribution is -2.39. The van der Waals surface area contributed by atoms with Crippen molar-refractivity contribution < 1.29 is 14.3 Å². The molecule has 0 bridgehead atoms. The molecule has 4 heteroatoms. The Labute approximate surface area is 167 Å². The zero-order chi connectivity index (χ0) is 19.5. The topological polar surface area (TPSA) is 47.6 Å². The highest BCUT2D eigenvalue weighted by Crippen LogP contribution is 2.32. The molecule has 2 aliphatic carbocycles. The molecule has 1 N–H and O–H groups in total. The first-order valence-electron chi connectivity index (χ1n) is 10.4. The van der Waals surface area contributed by atoms with Crippen molar-refractivity contribution in [3.8, 4) is 11.5 Å². The number of carbonyl (C=O) groups is 1. The number of rotatable bonds is 5. The van der Waals surface area contributed by atoms with E-state index in [0.29, 0.717) is 0 Å². The minimum absolute atomic E-state index is 0.0386. The van der Waals surface area contributed by atoms with Gasteiger partial charge in [0.05, 0.1) is 13.2 Å². The highest BCUT2D eigenvalue weighted by atomic mass is 16.5. The quantitative estimate of drug-likeness (QED) is 0.830. The van der Waals surface area contributed by atoms with E-state index >= 15 is 0 Å². The number of amides is 1. The summed E-state index contributed by atoms with van der Waals surface area (Å²) in [4.78, 5) is 12.8. The lowest BCUT2D eigenvalue weighted by atomic mass is 9.87. The van der Waals surface area contributed by atoms with Gasteiger partial charge in [-0.3, -0.25) is 4.79 Å². The molecule has 4 nitrogen and oxygen atoms in total. The van der Waals surface area contributed by atoms with Gasteiger partial charge in [-0.2, -0.15) is 0 Å². The standard InChI is InChI=1S/C24H29NO3/c1-16(28-21-11-10-17-6-3-4-7-18(17)14-21)24(26)25-23-9-5-8-19-15-20(27-2)12-13-22(19)23/h10-16,23H,3-9H2,1-2H3,(H,25,26)/t16-,23+/m0/s1. The molecule has 2 aromatic rings. The first-order valence-corrected chi connectivity index (χ1v) is 10.4. The van der Waals surface area contributed by atoms with E-state index in [4.69, 9.17) is 9.47 Å². The van der Waals surface area contributed by atoms with Gasteiger partial charge in [0.1, 0.15) is 11.5 Å². The Bertz CT molecular complexity index is 861. The molecule has 2 aliphatic rings. The number of ether oxygens (including phenoxy) is 2. The van der Waals surface area contributed by atoms with Crippen LogP contribution in [0.3, 0.4) is 0 Å². The Morgan fingerprint density at radius 3 is 2.50 bits per heavy atom. The Hall–Kier alpha value is -2.49. The minimum Gasteiger partial charge on any atom is -0.497 e. The molecule has 1 amide bonds. The fraction of sp³-hybridized carbons (Fsp3) is 0.458. The third-order valence-electron chi connectivity index (χ3n) is 5.98. The Balaban J connectivity index is 1.41. The van der Waals surface area contributed by atoms with Crippen LogP contribution in [0.5, 0.6) is 11.5 Å². The van der Waals surface area contributed by atoms with Crippen LogP contribution in [-0.4, -0.2) is 19.1 Å². The zero-order valence-corrected chi connectivity index (χ0v) is 16.8. The minimum atomic E-state index is -0.523. The number of hydrogen-bond acceptors (Lipinski definition) is 3. The van der Waals surface area contributed by atoms with Crippen LogP contribution in [0.25, 0.3) is 0 Å². The number of methoxy groups -OCH3 is 1. The molecular weight excluding hydrogens is 350 g/mol. The summed E-state index contributed by atoms with van der Waals surface area (Å²) in [6, 6.07) is 12.4. The van der Waals surface area contributed by atoms with Crippen LogP contribution in [0.1, 0.15) is 60.9 Å². The summed E-state index contributed by atoms with van der Waals surface area (Å²) in [5.74, 6) is 1.60. The Morgan fingerprint density at radius 1 is 0.964 bits per heavy atom. The highest BCUT2D eigenvalue weighted by molar-refractivity contribution is 5.81. The van der Waals surface area contributed by atoms with Crippen molar-refractivity contribution in [2.45, 2.75) is 64.0 Å². The predicted octanol–water partition coefficient (Wildman–Crippen LogP) is 4.54. The van der Waals surface area contributed by atoms with Gasteiger partial charge in [0.25, 0.3) is 5.91 Å². The van der Waals surface area contributed by atoms with Crippen molar-refractivity contribution >= 4 is 5.91 Å². The molecule has 2 aromatic carbocycles. The summed E-state index contributed by atoms with van der Waals surface area (Å²) in [6.07, 6.45) is 7.28. The van der Waals surface area contributed by atoms with Crippen LogP contribution in [0.2, 0.25) is 0 Å². The third kappa shape index (κ3) is 4.01. The maximum atomic E-state index is 12.8. The second kappa shape index (κ2) is 8.26. The molecule has 2 atom stereocenters. The van der Waals surface area contributed by atoms with Gasteiger partial charge in [-0.05, 0) is 98.4 Å². The molecule has 0 radical (unpaired) electrons. The summed E-state index contributed by atoms with van der Waals surface area (Å²) in [6.45, 7) is 1.83. The van der Waals surface area contributed by atoms with Gasteiger partial charge in [-0.1, -0.05) is 12.1 Å². The van der Waals surface area contributed by atoms with Crippen LogP contribution in [0, 0.1) is 0 Å². The van der Waals surface area contributed by atoms with Gasteiger partial charge in [0.15, 0.2) is 6.10 Å². The van der Waals surface area contributed by atoms with Crippen molar-refractivity contribution in [3.63, 3.8) is 0 Å². The lowest BCUT2D eigenvalue weighted by molar-refractivity contribution is -0.128. The molecule has 0 unspecified atom stereocenters. The van der Waals surface area contributed by atoms with Gasteiger partial charge < -0.3 is 14.8 Å². The number of aryl methyl sites for hydroxylation is 3. The first-order chi connectivity index (χ1) is 13.6. The van der Waals surface area contributed by atoms with Crippen molar-refractivity contribution in [1.82, 2.24) is 5.32 Å². The molecule has 0 aromatic heterocycles. The van der Waals surface area contributed by atoms with Gasteiger partial charge >= 0.3 is 0 Å². The number of carbonyl (C=O) groups excluding carboxylic acids is 1. The third-order valence-corrected chi connectivity index (χ3v) is 5.98. The van der Waals surface area contributed by atoms with Crippen molar-refractivity contribution in [1.29, 1.82) is 0 Å². The second-order valence-electron chi connectivity index (χ2n) is 7.92. The average molecular weight is 380 g/mol. The van der Waals surface area contributed by atoms with E-state index in [9.17, 15) is 4.79 Å². The van der Waals surface area contributed by atoms with Gasteiger partial charge in [-0.15, -0.1) is 0 Å². The smallest absolute Gasteiger partial charge is 0.261 e. The van der Waals surface area contributed by atoms with Crippen LogP contribution in [-0.2, 0) is 24.1 Å². The van der Waals surface area contributed by atoms with E-state index in [-0.39, 0.29) is 11.9 Å². The Morgan fingerprint density at radius 2 is 1.68 bits per heavy atom. The number of nitrogens with one attached hydrogen (secondary N) is 1. The summed E-state index contributed by atoms with van der Waals surface area (Å²) in [5.41, 5.74) is 5.25. The van der Waals surface area contributed by atoms with E-state index in [1.807, 2.05) is 19.1 Å². The first kappa shape index (κ1) is 18.9. The van der Waals surface area contributed by atoms with Crippen molar-refractivity contribution in [3.05, 3.63) is 58.7 Å². The van der Waals surface area contributed by atoms with Crippen LogP contribution < -0.4 is 14.8 Å². The summed E-state index contributed by atoms with van der Waals surface area (Å²) in [7, 11) is 1.68. The van der Waals surface area contributed by atoms with E-state index in [0.717, 1.165) is 43.6 Å². The highest BCUT2D eigenvalue weighted by Gasteiger charge is 2.25. The fourth-order valence-electron chi connectivity index (χ4n) is 4.40. The lowest BCUT2D eigenvalue weighted by Gasteiger charge is -2.28. The normalized spacial score (nSPS) is 19.1. The monoisotopic (exact) mass is 379 g/mol. The molecule has 0 spiro atoms. The molecule has 0 saturated carbocycles. The molecule has 4 rings (SSSR count). The average Bonchev–Trinajstić information content (AvgIpc) is 2.73. The van der Waals surface area contributed by atoms with Crippen LogP contribution >= 0.6 is 0 Å². The van der Waals surface area contributed by atoms with E-state index < -0.39 is 6.10 Å². The van der Waals surface area contributed by atoms with Crippen LogP contribution in [0.4, 0.5) is 0 Å². The molecule has 148 valence electrons.